The van der Waals surface area contributed by atoms with E-state index in [0.717, 1.165) is 19.3 Å². The Bertz CT molecular complexity index is 607. The zero-order valence-electron chi connectivity index (χ0n) is 10.9. The predicted octanol–water partition coefficient (Wildman–Crippen LogP) is 3.62. The molecule has 1 aliphatic carbocycles. The summed E-state index contributed by atoms with van der Waals surface area (Å²) in [6, 6.07) is 8.82. The number of anilines is 1. The van der Waals surface area contributed by atoms with Gasteiger partial charge in [0.15, 0.2) is 0 Å². The summed E-state index contributed by atoms with van der Waals surface area (Å²) in [7, 11) is 0. The van der Waals surface area contributed by atoms with E-state index >= 15 is 0 Å². The van der Waals surface area contributed by atoms with Crippen molar-refractivity contribution in [3.8, 4) is 12.1 Å². The van der Waals surface area contributed by atoms with Crippen LogP contribution in [0.25, 0.3) is 0 Å². The number of hydrogen-bond donors (Lipinski definition) is 1. The molecule has 0 atom stereocenters. The number of hydrogen-bond acceptors (Lipinski definition) is 3. The molecule has 1 N–H and O–H groups in total. The molecule has 1 aliphatic rings. The molecule has 0 saturated heterocycles. The number of carbonyl (C=O) groups is 1. The van der Waals surface area contributed by atoms with Crippen LogP contribution < -0.4 is 5.32 Å². The molecule has 1 fully saturated rings. The largest absolute Gasteiger partial charge is 0.323 e. The Kier molecular flexibility index (Phi) is 4.27. The first-order valence-corrected chi connectivity index (χ1v) is 6.91. The van der Waals surface area contributed by atoms with E-state index in [1.54, 1.807) is 12.1 Å². The van der Waals surface area contributed by atoms with Gasteiger partial charge in [-0.2, -0.15) is 10.5 Å². The van der Waals surface area contributed by atoms with Gasteiger partial charge in [-0.05, 0) is 31.0 Å². The normalized spacial score (nSPS) is 16.8. The number of halogens is 1. The lowest BCUT2D eigenvalue weighted by molar-refractivity contribution is -0.124. The van der Waals surface area contributed by atoms with Crippen molar-refractivity contribution in [2.45, 2.75) is 32.1 Å². The van der Waals surface area contributed by atoms with Crippen LogP contribution in [0.3, 0.4) is 0 Å². The highest BCUT2D eigenvalue weighted by atomic mass is 35.5. The minimum absolute atomic E-state index is 0.300. The molecule has 0 unspecified atom stereocenters. The second-order valence-electron chi connectivity index (χ2n) is 5.02. The Labute approximate surface area is 123 Å². The molecule has 0 aliphatic heterocycles. The van der Waals surface area contributed by atoms with Gasteiger partial charge in [-0.15, -0.1) is 0 Å². The van der Waals surface area contributed by atoms with Crippen LogP contribution in [0.5, 0.6) is 0 Å². The van der Waals surface area contributed by atoms with Crippen LogP contribution in [0.1, 0.15) is 37.7 Å². The summed E-state index contributed by atoms with van der Waals surface area (Å²) in [5, 5.41) is 21.2. The summed E-state index contributed by atoms with van der Waals surface area (Å²) in [5.41, 5.74) is -0.0771. The van der Waals surface area contributed by atoms with Gasteiger partial charge in [0.05, 0.1) is 28.4 Å². The first-order chi connectivity index (χ1) is 9.61. The quantitative estimate of drug-likeness (QED) is 0.902. The Hall–Kier alpha value is -2.04. The van der Waals surface area contributed by atoms with E-state index < -0.39 is 5.41 Å². The molecule has 20 heavy (non-hydrogen) atoms. The van der Waals surface area contributed by atoms with Gasteiger partial charge in [0.2, 0.25) is 5.91 Å². The fourth-order valence-corrected chi connectivity index (χ4v) is 2.70. The maximum Gasteiger partial charge on any atom is 0.244 e. The summed E-state index contributed by atoms with van der Waals surface area (Å²) in [5.74, 6) is -0.300. The lowest BCUT2D eigenvalue weighted by Gasteiger charge is -2.29. The molecule has 1 aromatic rings. The summed E-state index contributed by atoms with van der Waals surface area (Å²) in [6.45, 7) is 0. The zero-order valence-corrected chi connectivity index (χ0v) is 11.7. The zero-order chi connectivity index (χ0) is 14.6. The minimum atomic E-state index is -0.949. The topological polar surface area (TPSA) is 76.7 Å². The highest BCUT2D eigenvalue weighted by Gasteiger charge is 2.39. The summed E-state index contributed by atoms with van der Waals surface area (Å²) < 4.78 is 0. The average Bonchev–Trinajstić information content (AvgIpc) is 2.49. The van der Waals surface area contributed by atoms with Crippen molar-refractivity contribution < 1.29 is 4.79 Å². The third-order valence-electron chi connectivity index (χ3n) is 3.70. The highest BCUT2D eigenvalue weighted by Crippen LogP contribution is 2.37. The standard InChI is InChI=1S/C15H14ClN3O/c16-12-8-11(9-17)4-5-13(12)19-14(20)15(10-18)6-2-1-3-7-15/h4-5,8H,1-3,6-7H2,(H,19,20). The van der Waals surface area contributed by atoms with Gasteiger partial charge in [-0.3, -0.25) is 4.79 Å². The van der Waals surface area contributed by atoms with Gasteiger partial charge < -0.3 is 5.32 Å². The van der Waals surface area contributed by atoms with Crippen LogP contribution in [-0.4, -0.2) is 5.91 Å². The molecule has 102 valence electrons. The third kappa shape index (κ3) is 2.76. The highest BCUT2D eigenvalue weighted by molar-refractivity contribution is 6.33. The van der Waals surface area contributed by atoms with Crippen LogP contribution in [0.4, 0.5) is 5.69 Å². The number of nitriles is 2. The van der Waals surface area contributed by atoms with Gasteiger partial charge >= 0.3 is 0 Å². The predicted molar refractivity (Wildman–Crippen MR) is 75.9 cm³/mol. The summed E-state index contributed by atoms with van der Waals surface area (Å²) in [6.07, 6.45) is 4.02. The molecule has 0 bridgehead atoms. The van der Waals surface area contributed by atoms with E-state index in [1.165, 1.54) is 6.07 Å². The molecule has 0 spiro atoms. The lowest BCUT2D eigenvalue weighted by Crippen LogP contribution is -2.36. The van der Waals surface area contributed by atoms with E-state index in [1.807, 2.05) is 6.07 Å². The molecule has 1 saturated carbocycles. The van der Waals surface area contributed by atoms with Crippen molar-refractivity contribution in [3.63, 3.8) is 0 Å². The fraction of sp³-hybridized carbons (Fsp3) is 0.400. The molecule has 1 aromatic carbocycles. The maximum atomic E-state index is 12.4. The van der Waals surface area contributed by atoms with Crippen LogP contribution in [0.2, 0.25) is 5.02 Å². The van der Waals surface area contributed by atoms with E-state index in [9.17, 15) is 10.1 Å². The molecular weight excluding hydrogens is 274 g/mol. The van der Waals surface area contributed by atoms with Crippen LogP contribution in [0.15, 0.2) is 18.2 Å². The summed E-state index contributed by atoms with van der Waals surface area (Å²) >= 11 is 6.03. The lowest BCUT2D eigenvalue weighted by atomic mass is 9.74. The van der Waals surface area contributed by atoms with Gasteiger partial charge in [-0.25, -0.2) is 0 Å². The van der Waals surface area contributed by atoms with Gasteiger partial charge in [0.1, 0.15) is 5.41 Å². The Morgan fingerprint density at radius 3 is 2.50 bits per heavy atom. The average molecular weight is 288 g/mol. The number of carbonyl (C=O) groups excluding carboxylic acids is 1. The second kappa shape index (κ2) is 5.94. The maximum absolute atomic E-state index is 12.4. The van der Waals surface area contributed by atoms with Gasteiger partial charge in [-0.1, -0.05) is 30.9 Å². The first kappa shape index (κ1) is 14.4. The van der Waals surface area contributed by atoms with Crippen LogP contribution >= 0.6 is 11.6 Å². The van der Waals surface area contributed by atoms with Gasteiger partial charge in [0, 0.05) is 0 Å². The number of amides is 1. The van der Waals surface area contributed by atoms with Crippen LogP contribution in [-0.2, 0) is 4.79 Å². The van der Waals surface area contributed by atoms with Crippen molar-refractivity contribution in [2.24, 2.45) is 5.41 Å². The Morgan fingerprint density at radius 2 is 1.95 bits per heavy atom. The molecule has 4 nitrogen and oxygen atoms in total. The third-order valence-corrected chi connectivity index (χ3v) is 4.01. The molecule has 0 heterocycles. The van der Waals surface area contributed by atoms with Crippen LogP contribution in [0, 0.1) is 28.1 Å². The summed E-state index contributed by atoms with van der Waals surface area (Å²) in [4.78, 5) is 12.4. The molecule has 1 amide bonds. The second-order valence-corrected chi connectivity index (χ2v) is 5.42. The fourth-order valence-electron chi connectivity index (χ4n) is 2.47. The van der Waals surface area contributed by atoms with E-state index in [2.05, 4.69) is 11.4 Å². The van der Waals surface area contributed by atoms with Crippen molar-refractivity contribution in [2.75, 3.05) is 5.32 Å². The van der Waals surface area contributed by atoms with Crippen molar-refractivity contribution in [3.05, 3.63) is 28.8 Å². The SMILES string of the molecule is N#Cc1ccc(NC(=O)C2(C#N)CCCCC2)c(Cl)c1. The molecule has 2 rings (SSSR count). The van der Waals surface area contributed by atoms with E-state index in [4.69, 9.17) is 16.9 Å². The Morgan fingerprint density at radius 1 is 1.25 bits per heavy atom. The number of rotatable bonds is 2. The molecule has 0 aromatic heterocycles. The van der Waals surface area contributed by atoms with E-state index in [-0.39, 0.29) is 5.91 Å². The first-order valence-electron chi connectivity index (χ1n) is 6.54. The molecule has 5 heteroatoms. The van der Waals surface area contributed by atoms with E-state index in [0.29, 0.717) is 29.1 Å². The molecular formula is C15H14ClN3O. The number of nitrogens with one attached hydrogen (secondary N) is 1. The van der Waals surface area contributed by atoms with Crippen molar-refractivity contribution >= 4 is 23.2 Å². The van der Waals surface area contributed by atoms with Crippen molar-refractivity contribution in [1.29, 1.82) is 10.5 Å². The smallest absolute Gasteiger partial charge is 0.244 e. The minimum Gasteiger partial charge on any atom is -0.323 e. The monoisotopic (exact) mass is 287 g/mol. The number of nitrogens with zero attached hydrogens (tertiary/aromatic N) is 2. The molecule has 0 radical (unpaired) electrons. The number of benzene rings is 1. The Balaban J connectivity index is 2.19. The van der Waals surface area contributed by atoms with Crippen molar-refractivity contribution in [1.82, 2.24) is 0 Å². The van der Waals surface area contributed by atoms with Gasteiger partial charge in [0.25, 0.3) is 0 Å².